The summed E-state index contributed by atoms with van der Waals surface area (Å²) in [5.74, 6) is 0. The Balaban J connectivity index is 0.000000269. The first kappa shape index (κ1) is 42.4. The van der Waals surface area contributed by atoms with Gasteiger partial charge in [-0.2, -0.15) is 2.74 Å². The van der Waals surface area contributed by atoms with Crippen LogP contribution in [0.4, 0.5) is 4.39 Å². The minimum atomic E-state index is -1.00. The fourth-order valence-electron chi connectivity index (χ4n) is 7.08. The van der Waals surface area contributed by atoms with Crippen LogP contribution in [-0.2, 0) is 50.0 Å². The molecule has 57 heavy (non-hydrogen) atoms. The Morgan fingerprint density at radius 2 is 0.842 bits per heavy atom. The number of fused-ring (bicyclic) bond motifs is 3. The molecule has 6 aromatic carbocycles. The second-order valence-corrected chi connectivity index (χ2v) is 15.6. The molecule has 3 nitrogen and oxygen atoms in total. The second kappa shape index (κ2) is 25.2. The Kier molecular flexibility index (Phi) is 18.8. The van der Waals surface area contributed by atoms with Gasteiger partial charge in [-0.25, -0.2) is 0 Å². The number of alkyl halides is 1. The zero-order chi connectivity index (χ0) is 42.4. The Labute approximate surface area is 373 Å². The minimum Gasteiger partial charge on any atom is -0.545 e. The number of hydrogen-bond acceptors (Lipinski definition) is 3. The van der Waals surface area contributed by atoms with Crippen LogP contribution in [0.15, 0.2) is 150 Å². The average molecular weight is 993 g/mol. The van der Waals surface area contributed by atoms with E-state index >= 15 is 0 Å². The summed E-state index contributed by atoms with van der Waals surface area (Å²) in [5, 5.41) is 0. The van der Waals surface area contributed by atoms with E-state index in [-0.39, 0.29) is 16.5 Å². The molecule has 3 aliphatic carbocycles. The first-order chi connectivity index (χ1) is 28.9. The zero-order valence-corrected chi connectivity index (χ0v) is 36.4. The Morgan fingerprint density at radius 1 is 0.579 bits per heavy atom. The predicted molar refractivity (Wildman–Crippen MR) is 249 cm³/mol. The number of benzene rings is 6. The number of hydrogen-bond donors (Lipinski definition) is 0. The molecule has 0 aromatic heterocycles. The van der Waals surface area contributed by atoms with Gasteiger partial charge in [0.05, 0.1) is 8.52 Å². The maximum atomic E-state index is 9.96. The minimum absolute atomic E-state index is 0. The van der Waals surface area contributed by atoms with E-state index in [0.717, 1.165) is 39.7 Å². The molecule has 9 rings (SSSR count). The van der Waals surface area contributed by atoms with Crippen molar-refractivity contribution in [1.29, 1.82) is 0 Å². The normalized spacial score (nSPS) is 12.6. The van der Waals surface area contributed by atoms with Crippen LogP contribution in [0.2, 0.25) is 0 Å². The molecular formula is C48H39BBrFINiO3P. The van der Waals surface area contributed by atoms with Gasteiger partial charge in [0.2, 0.25) is 0 Å². The third-order valence-electron chi connectivity index (χ3n) is 9.40. The first-order valence-electron chi connectivity index (χ1n) is 19.1. The summed E-state index contributed by atoms with van der Waals surface area (Å²) in [6, 6.07) is 52.2. The molecule has 288 valence electrons. The smallest absolute Gasteiger partial charge is 0.545 e. The number of carbonyl (C=O) groups excluding carboxylic acids is 2. The summed E-state index contributed by atoms with van der Waals surface area (Å²) in [6.45, 7) is 2.39. The molecule has 0 N–H and O–H groups in total. The number of halogens is 3. The monoisotopic (exact) mass is 991 g/mol. The van der Waals surface area contributed by atoms with Gasteiger partial charge < -0.3 is 9.59 Å². The van der Waals surface area contributed by atoms with E-state index in [1.807, 2.05) is 22.0 Å². The van der Waals surface area contributed by atoms with Crippen LogP contribution in [0.5, 0.6) is 0 Å². The molecule has 9 heteroatoms. The zero-order valence-electron chi connectivity index (χ0n) is 33.7. The van der Waals surface area contributed by atoms with Crippen LogP contribution >= 0.6 is 44.1 Å². The molecule has 0 amide bonds. The van der Waals surface area contributed by atoms with E-state index in [2.05, 4.69) is 180 Å². The average Bonchev–Trinajstić information content (AvgIpc) is 4.02. The Bertz CT molecular complexity index is 2340. The van der Waals surface area contributed by atoms with Crippen LogP contribution in [0.3, 0.4) is 0 Å². The quantitative estimate of drug-likeness (QED) is 0.0569. The van der Waals surface area contributed by atoms with Gasteiger partial charge >= 0.3 is 56.2 Å². The molecule has 1 unspecified atom stereocenters. The molecule has 0 fully saturated rings. The van der Waals surface area contributed by atoms with Gasteiger partial charge in [-0.05, 0) is 103 Å². The van der Waals surface area contributed by atoms with Gasteiger partial charge in [-0.1, -0.05) is 174 Å². The van der Waals surface area contributed by atoms with Crippen LogP contribution in [0.25, 0.3) is 46.1 Å². The summed E-state index contributed by atoms with van der Waals surface area (Å²) in [4.78, 5) is 16.7. The summed E-state index contributed by atoms with van der Waals surface area (Å²) in [5.41, 5.74) is 19.2. The molecule has 1 atom stereocenters. The maximum absolute atomic E-state index is 9.96. The number of allylic oxidation sites excluding steroid dienone is 3. The van der Waals surface area contributed by atoms with Gasteiger partial charge in [0.1, 0.15) is 0 Å². The molecular weight excluding hydrogens is 951 g/mol. The van der Waals surface area contributed by atoms with Crippen molar-refractivity contribution in [2.24, 2.45) is 0 Å². The van der Waals surface area contributed by atoms with Crippen molar-refractivity contribution in [2.75, 3.05) is 7.15 Å². The van der Waals surface area contributed by atoms with Gasteiger partial charge in [-0.3, -0.25) is 17.9 Å². The third kappa shape index (κ3) is 12.2. The molecule has 0 aliphatic heterocycles. The largest absolute Gasteiger partial charge is 2.00 e. The van der Waals surface area contributed by atoms with E-state index in [1.54, 1.807) is 0 Å². The van der Waals surface area contributed by atoms with E-state index in [4.69, 9.17) is 13.7 Å². The van der Waals surface area contributed by atoms with Crippen molar-refractivity contribution in [2.45, 2.75) is 19.3 Å². The Hall–Kier alpha value is -4.19. The third-order valence-corrected chi connectivity index (χ3v) is 10.9. The van der Waals surface area contributed by atoms with Crippen LogP contribution in [0.1, 0.15) is 54.2 Å². The van der Waals surface area contributed by atoms with Crippen LogP contribution in [-0.4, -0.2) is 27.6 Å². The van der Waals surface area contributed by atoms with Crippen LogP contribution in [0, 0.1) is 0 Å². The molecule has 0 heterocycles. The predicted octanol–water partition coefficient (Wildman–Crippen LogP) is 13.1. The fraction of sp³-hybridized carbons (Fsp3) is 0.0833. The van der Waals surface area contributed by atoms with E-state index < -0.39 is 7.15 Å². The van der Waals surface area contributed by atoms with Crippen molar-refractivity contribution in [3.63, 3.8) is 0 Å². The van der Waals surface area contributed by atoms with Gasteiger partial charge in [-0.15, -0.1) is 0 Å². The molecule has 0 bridgehead atoms. The van der Waals surface area contributed by atoms with Crippen molar-refractivity contribution >= 4 is 99.4 Å². The fourth-order valence-corrected chi connectivity index (χ4v) is 7.62. The summed E-state index contributed by atoms with van der Waals surface area (Å²) in [6.07, 6.45) is 10.5. The molecule has 0 saturated carbocycles. The van der Waals surface area contributed by atoms with Gasteiger partial charge in [0, 0.05) is 4.47 Å². The van der Waals surface area contributed by atoms with Crippen molar-refractivity contribution < 1.29 is 39.3 Å². The topological polar surface area (TPSA) is 51.2 Å². The van der Waals surface area contributed by atoms with Gasteiger partial charge in [0.25, 0.3) is 0 Å². The first-order valence-corrected chi connectivity index (χ1v) is 22.4. The molecule has 0 spiro atoms. The van der Waals surface area contributed by atoms with Gasteiger partial charge in [0.15, 0.2) is 0 Å². The molecule has 6 aromatic rings. The second-order valence-electron chi connectivity index (χ2n) is 12.4. The standard InChI is InChI=1S/C30H22.C15H11Br.CH3F.2CHO.BHIOP.Ni/c1-2-10-22-18-25(17-21(22)9-1)27-13-5-7-15-29(27)30-16-8-6-14-28(30)26-19-23-11-3-4-12-24(23)20-26;16-15-8-4-3-7-14(15)13-9-11-5-1-2-6-12(11)10-13;3*1-2;2-4-1-3;/h1-17,19H,18,20H2;1-9H,10H2;1H3;2*1H;4H;/q;;;2*-1;;+2/i;;3*1D;;. The maximum Gasteiger partial charge on any atom is 2.00 e. The van der Waals surface area contributed by atoms with Crippen molar-refractivity contribution in [1.82, 2.24) is 0 Å². The molecule has 0 saturated heterocycles. The SMILES string of the molecule is Brc1ccccc1C1=Cc2ccccc2C1.C1=C(c2ccccc2-c2ccccc2C2=Cc3ccccc3C2)Cc2ccccc21.O=BPI.[2H]CF.[2H][C-]=O.[2H][C-]=O.[Ni+2]. The summed E-state index contributed by atoms with van der Waals surface area (Å²) >= 11 is 5.62. The van der Waals surface area contributed by atoms with E-state index in [9.17, 15) is 9.10 Å². The van der Waals surface area contributed by atoms with Crippen molar-refractivity contribution in [3.8, 4) is 11.1 Å². The Morgan fingerprint density at radius 3 is 1.16 bits per heavy atom. The summed E-state index contributed by atoms with van der Waals surface area (Å²) in [7, 11) is -1.00. The number of rotatable bonds is 5. The van der Waals surface area contributed by atoms with E-state index in [0.29, 0.717) is 6.10 Å². The summed E-state index contributed by atoms with van der Waals surface area (Å²) < 4.78 is 36.7. The van der Waals surface area contributed by atoms with E-state index in [1.165, 1.54) is 82.4 Å². The van der Waals surface area contributed by atoms with Crippen LogP contribution < -0.4 is 0 Å². The molecule has 0 radical (unpaired) electrons. The van der Waals surface area contributed by atoms with Crippen molar-refractivity contribution in [3.05, 3.63) is 200 Å². The molecule has 3 aliphatic rings.